The number of aliphatic hydroxyl groups excluding tert-OH is 1. The van der Waals surface area contributed by atoms with E-state index in [9.17, 15) is 0 Å². The average Bonchev–Trinajstić information content (AvgIpc) is 2.52. The van der Waals surface area contributed by atoms with Crippen molar-refractivity contribution in [3.8, 4) is 0 Å². The van der Waals surface area contributed by atoms with Crippen LogP contribution in [-0.4, -0.2) is 11.7 Å². The number of aliphatic hydroxyl groups is 1. The number of rotatable bonds is 3. The molecule has 0 heterocycles. The molecule has 0 bridgehead atoms. The van der Waals surface area contributed by atoms with E-state index >= 15 is 0 Å². The van der Waals surface area contributed by atoms with E-state index < -0.39 is 0 Å². The summed E-state index contributed by atoms with van der Waals surface area (Å²) in [6.45, 7) is 2.41. The second-order valence-corrected chi connectivity index (χ2v) is 2.78. The number of allylic oxidation sites excluding steroid dienone is 6. The van der Waals surface area contributed by atoms with Gasteiger partial charge in [0.15, 0.2) is 0 Å². The third kappa shape index (κ3) is 2.35. The van der Waals surface area contributed by atoms with E-state index in [-0.39, 0.29) is 6.61 Å². The van der Waals surface area contributed by atoms with Gasteiger partial charge in [0.1, 0.15) is 0 Å². The summed E-state index contributed by atoms with van der Waals surface area (Å²) in [5, 5.41) is 8.60. The third-order valence-electron chi connectivity index (χ3n) is 1.87. The highest BCUT2D eigenvalue weighted by Gasteiger charge is 1.97. The van der Waals surface area contributed by atoms with E-state index in [2.05, 4.69) is 19.1 Å². The zero-order valence-corrected chi connectivity index (χ0v) is 6.88. The predicted octanol–water partition coefficient (Wildman–Crippen LogP) is 2.20. The van der Waals surface area contributed by atoms with Gasteiger partial charge in [-0.05, 0) is 25.3 Å². The van der Waals surface area contributed by atoms with Crippen LogP contribution < -0.4 is 0 Å². The summed E-state index contributed by atoms with van der Waals surface area (Å²) in [4.78, 5) is 0. The number of hydrogen-bond acceptors (Lipinski definition) is 1. The maximum atomic E-state index is 8.60. The Hall–Kier alpha value is -0.820. The van der Waals surface area contributed by atoms with E-state index in [0.29, 0.717) is 0 Å². The molecule has 0 spiro atoms. The molecule has 60 valence electrons. The van der Waals surface area contributed by atoms with E-state index in [1.165, 1.54) is 11.1 Å². The predicted molar refractivity (Wildman–Crippen MR) is 47.3 cm³/mol. The van der Waals surface area contributed by atoms with Crippen molar-refractivity contribution < 1.29 is 5.11 Å². The first-order valence-electron chi connectivity index (χ1n) is 4.00. The molecule has 1 nitrogen and oxygen atoms in total. The lowest BCUT2D eigenvalue weighted by Gasteiger charge is -2.00. The minimum atomic E-state index is 0.290. The zero-order chi connectivity index (χ0) is 8.10. The topological polar surface area (TPSA) is 20.2 Å². The van der Waals surface area contributed by atoms with Crippen molar-refractivity contribution in [1.29, 1.82) is 0 Å². The third-order valence-corrected chi connectivity index (χ3v) is 1.87. The van der Waals surface area contributed by atoms with Crippen molar-refractivity contribution in [2.45, 2.75) is 19.8 Å². The Bertz CT molecular complexity index is 195. The Morgan fingerprint density at radius 2 is 2.00 bits per heavy atom. The van der Waals surface area contributed by atoms with Gasteiger partial charge in [-0.2, -0.15) is 0 Å². The molecular weight excluding hydrogens is 136 g/mol. The largest absolute Gasteiger partial charge is 0.396 e. The monoisotopic (exact) mass is 150 g/mol. The molecule has 0 radical (unpaired) electrons. The van der Waals surface area contributed by atoms with Gasteiger partial charge in [-0.15, -0.1) is 0 Å². The van der Waals surface area contributed by atoms with Crippen LogP contribution in [0, 0.1) is 0 Å². The Labute approximate surface area is 67.7 Å². The molecule has 0 unspecified atom stereocenters. The highest BCUT2D eigenvalue weighted by molar-refractivity contribution is 5.42. The first-order chi connectivity index (χ1) is 5.34. The van der Waals surface area contributed by atoms with Crippen LogP contribution in [-0.2, 0) is 0 Å². The fraction of sp³-hybridized carbons (Fsp3) is 0.400. The van der Waals surface area contributed by atoms with Gasteiger partial charge in [-0.1, -0.05) is 29.9 Å². The van der Waals surface area contributed by atoms with E-state index in [1.807, 2.05) is 12.2 Å². The van der Waals surface area contributed by atoms with Gasteiger partial charge >= 0.3 is 0 Å². The summed E-state index contributed by atoms with van der Waals surface area (Å²) in [5.41, 5.74) is 2.67. The van der Waals surface area contributed by atoms with Gasteiger partial charge in [-0.25, -0.2) is 0 Å². The lowest BCUT2D eigenvalue weighted by Crippen LogP contribution is -1.86. The molecule has 1 heteroatoms. The fourth-order valence-electron chi connectivity index (χ4n) is 1.15. The normalized spacial score (nSPS) is 14.5. The maximum Gasteiger partial charge on any atom is 0.0434 e. The summed E-state index contributed by atoms with van der Waals surface area (Å²) in [6, 6.07) is 0. The van der Waals surface area contributed by atoms with Crippen LogP contribution in [0.3, 0.4) is 0 Å². The minimum absolute atomic E-state index is 0.290. The van der Waals surface area contributed by atoms with Gasteiger partial charge in [0.2, 0.25) is 0 Å². The molecule has 1 aliphatic rings. The van der Waals surface area contributed by atoms with E-state index in [4.69, 9.17) is 5.11 Å². The highest BCUT2D eigenvalue weighted by Crippen LogP contribution is 2.16. The molecule has 0 aromatic rings. The van der Waals surface area contributed by atoms with Crippen LogP contribution in [0.4, 0.5) is 0 Å². The molecule has 0 atom stereocenters. The van der Waals surface area contributed by atoms with Crippen molar-refractivity contribution in [1.82, 2.24) is 0 Å². The lowest BCUT2D eigenvalue weighted by molar-refractivity contribution is 0.288. The van der Waals surface area contributed by atoms with Crippen molar-refractivity contribution in [2.75, 3.05) is 6.61 Å². The van der Waals surface area contributed by atoms with Crippen molar-refractivity contribution in [2.24, 2.45) is 0 Å². The molecule has 11 heavy (non-hydrogen) atoms. The van der Waals surface area contributed by atoms with Crippen LogP contribution in [0.5, 0.6) is 0 Å². The van der Waals surface area contributed by atoms with Crippen LogP contribution in [0.15, 0.2) is 35.5 Å². The Balaban J connectivity index is 2.50. The van der Waals surface area contributed by atoms with Crippen LogP contribution in [0.25, 0.3) is 0 Å². The van der Waals surface area contributed by atoms with Crippen molar-refractivity contribution in [3.05, 3.63) is 35.5 Å². The van der Waals surface area contributed by atoms with Gasteiger partial charge < -0.3 is 5.11 Å². The summed E-state index contributed by atoms with van der Waals surface area (Å²) >= 11 is 0. The molecular formula is C10H14O. The quantitative estimate of drug-likeness (QED) is 0.654. The SMILES string of the molecule is CC(CCCO)=C1C=CC=C1. The van der Waals surface area contributed by atoms with E-state index in [0.717, 1.165) is 12.8 Å². The van der Waals surface area contributed by atoms with Crippen LogP contribution >= 0.6 is 0 Å². The van der Waals surface area contributed by atoms with E-state index in [1.54, 1.807) is 0 Å². The fourth-order valence-corrected chi connectivity index (χ4v) is 1.15. The van der Waals surface area contributed by atoms with Gasteiger partial charge in [0, 0.05) is 6.61 Å². The van der Waals surface area contributed by atoms with Crippen LogP contribution in [0.2, 0.25) is 0 Å². The summed E-state index contributed by atoms with van der Waals surface area (Å²) in [6.07, 6.45) is 10.2. The number of hydrogen-bond donors (Lipinski definition) is 1. The smallest absolute Gasteiger partial charge is 0.0434 e. The summed E-state index contributed by atoms with van der Waals surface area (Å²) in [7, 11) is 0. The Kier molecular flexibility index (Phi) is 3.12. The summed E-state index contributed by atoms with van der Waals surface area (Å²) in [5.74, 6) is 0. The van der Waals surface area contributed by atoms with Crippen LogP contribution in [0.1, 0.15) is 19.8 Å². The molecule has 0 saturated heterocycles. The Morgan fingerprint density at radius 1 is 1.36 bits per heavy atom. The van der Waals surface area contributed by atoms with Gasteiger partial charge in [0.25, 0.3) is 0 Å². The van der Waals surface area contributed by atoms with Crippen molar-refractivity contribution >= 4 is 0 Å². The standard InChI is InChI=1S/C10H14O/c1-9(5-4-8-11)10-6-2-3-7-10/h2-3,6-7,11H,4-5,8H2,1H3. The van der Waals surface area contributed by atoms with Crippen molar-refractivity contribution in [3.63, 3.8) is 0 Å². The van der Waals surface area contributed by atoms with Gasteiger partial charge in [0.05, 0.1) is 0 Å². The zero-order valence-electron chi connectivity index (χ0n) is 6.88. The molecule has 0 fully saturated rings. The lowest BCUT2D eigenvalue weighted by atomic mass is 10.1. The first kappa shape index (κ1) is 8.28. The molecule has 0 aromatic carbocycles. The summed E-state index contributed by atoms with van der Waals surface area (Å²) < 4.78 is 0. The molecule has 0 aliphatic heterocycles. The second kappa shape index (κ2) is 4.14. The average molecular weight is 150 g/mol. The maximum absolute atomic E-state index is 8.60. The Morgan fingerprint density at radius 3 is 2.55 bits per heavy atom. The molecule has 0 amide bonds. The molecule has 0 aromatic heterocycles. The molecule has 1 rings (SSSR count). The molecule has 1 aliphatic carbocycles. The second-order valence-electron chi connectivity index (χ2n) is 2.78. The van der Waals surface area contributed by atoms with Gasteiger partial charge in [-0.3, -0.25) is 0 Å². The highest BCUT2D eigenvalue weighted by atomic mass is 16.2. The first-order valence-corrected chi connectivity index (χ1v) is 4.00. The minimum Gasteiger partial charge on any atom is -0.396 e. The molecule has 0 saturated carbocycles. The molecule has 1 N–H and O–H groups in total.